The van der Waals surface area contributed by atoms with Crippen molar-refractivity contribution < 1.29 is 30.0 Å². The zero-order valence-corrected chi connectivity index (χ0v) is 9.83. The first-order chi connectivity index (χ1) is 8.32. The van der Waals surface area contributed by atoms with Gasteiger partial charge in [0.05, 0.1) is 18.1 Å². The molecule has 1 aromatic rings. The van der Waals surface area contributed by atoms with E-state index in [4.69, 9.17) is 21.8 Å². The first-order valence-electron chi connectivity index (χ1n) is 4.93. The molecule has 6 nitrogen and oxygen atoms in total. The van der Waals surface area contributed by atoms with E-state index in [0.29, 0.717) is 0 Å². The summed E-state index contributed by atoms with van der Waals surface area (Å²) >= 11 is 5.63. The Labute approximate surface area is 107 Å². The number of halogens is 1. The van der Waals surface area contributed by atoms with Crippen LogP contribution in [0.15, 0.2) is 18.2 Å². The number of hydrogen-bond donors (Lipinski definition) is 4. The highest BCUT2D eigenvalue weighted by Crippen LogP contribution is 2.25. The summed E-state index contributed by atoms with van der Waals surface area (Å²) in [7, 11) is 0. The lowest BCUT2D eigenvalue weighted by molar-refractivity contribution is -0.141. The first-order valence-corrected chi connectivity index (χ1v) is 5.31. The van der Waals surface area contributed by atoms with Crippen molar-refractivity contribution in [1.29, 1.82) is 0 Å². The Morgan fingerprint density at radius 3 is 2.33 bits per heavy atom. The lowest BCUT2D eigenvalue weighted by atomic mass is 9.97. The van der Waals surface area contributed by atoms with Crippen LogP contribution < -0.4 is 0 Å². The number of carbonyl (C=O) groups is 2. The Kier molecular flexibility index (Phi) is 4.66. The molecule has 1 rings (SSSR count). The van der Waals surface area contributed by atoms with Crippen LogP contribution in [-0.2, 0) is 4.79 Å². The second-order valence-corrected chi connectivity index (χ2v) is 4.08. The molecule has 0 radical (unpaired) electrons. The number of carboxylic acid groups (broad SMARTS) is 2. The van der Waals surface area contributed by atoms with E-state index < -0.39 is 30.6 Å². The van der Waals surface area contributed by atoms with Gasteiger partial charge in [0.25, 0.3) is 0 Å². The second-order valence-electron chi connectivity index (χ2n) is 3.65. The largest absolute Gasteiger partial charge is 0.481 e. The molecule has 2 atom stereocenters. The van der Waals surface area contributed by atoms with Crippen LogP contribution in [0.3, 0.4) is 0 Å². The lowest BCUT2D eigenvalue weighted by Gasteiger charge is -2.18. The number of aromatic carboxylic acids is 1. The molecule has 0 amide bonds. The molecule has 0 aliphatic rings. The van der Waals surface area contributed by atoms with E-state index in [1.807, 2.05) is 0 Å². The number of hydrogen-bond acceptors (Lipinski definition) is 4. The molecule has 4 N–H and O–H groups in total. The third-order valence-electron chi connectivity index (χ3n) is 2.31. The highest BCUT2D eigenvalue weighted by Gasteiger charge is 2.25. The second kappa shape index (κ2) is 5.81. The number of aliphatic carboxylic acids is 1. The molecule has 0 heterocycles. The number of rotatable bonds is 5. The van der Waals surface area contributed by atoms with Gasteiger partial charge in [0.15, 0.2) is 0 Å². The molecule has 0 saturated heterocycles. The molecule has 0 fully saturated rings. The van der Waals surface area contributed by atoms with Gasteiger partial charge in [0.1, 0.15) is 6.10 Å². The normalized spacial score (nSPS) is 13.9. The van der Waals surface area contributed by atoms with Gasteiger partial charge in [-0.3, -0.25) is 4.79 Å². The van der Waals surface area contributed by atoms with Crippen LogP contribution >= 0.6 is 11.6 Å². The van der Waals surface area contributed by atoms with Gasteiger partial charge in [-0.2, -0.15) is 0 Å². The van der Waals surface area contributed by atoms with Crippen molar-refractivity contribution >= 4 is 23.5 Å². The molecule has 98 valence electrons. The predicted octanol–water partition coefficient (Wildman–Crippen LogP) is 0.907. The zero-order chi connectivity index (χ0) is 13.9. The lowest BCUT2D eigenvalue weighted by Crippen LogP contribution is -2.23. The van der Waals surface area contributed by atoms with E-state index in [2.05, 4.69) is 0 Å². The van der Waals surface area contributed by atoms with E-state index in [9.17, 15) is 19.8 Å². The molecule has 2 unspecified atom stereocenters. The molecule has 0 bridgehead atoms. The summed E-state index contributed by atoms with van der Waals surface area (Å²) in [6, 6.07) is 3.71. The number of carboxylic acids is 2. The maximum absolute atomic E-state index is 11.0. The van der Waals surface area contributed by atoms with Crippen LogP contribution in [-0.4, -0.2) is 38.5 Å². The fourth-order valence-corrected chi connectivity index (χ4v) is 1.64. The average molecular weight is 275 g/mol. The molecule has 7 heteroatoms. The Morgan fingerprint density at radius 1 is 1.22 bits per heavy atom. The van der Waals surface area contributed by atoms with Gasteiger partial charge in [-0.25, -0.2) is 4.79 Å². The molecule has 0 aliphatic carbocycles. The van der Waals surface area contributed by atoms with Gasteiger partial charge >= 0.3 is 11.9 Å². The van der Waals surface area contributed by atoms with Gasteiger partial charge in [-0.05, 0) is 17.7 Å². The average Bonchev–Trinajstić information content (AvgIpc) is 2.26. The van der Waals surface area contributed by atoms with Gasteiger partial charge < -0.3 is 20.4 Å². The summed E-state index contributed by atoms with van der Waals surface area (Å²) in [6.07, 6.45) is -3.89. The minimum absolute atomic E-state index is 0.0827. The van der Waals surface area contributed by atoms with Crippen molar-refractivity contribution in [3.05, 3.63) is 34.3 Å². The third-order valence-corrected chi connectivity index (χ3v) is 2.55. The van der Waals surface area contributed by atoms with E-state index in [1.165, 1.54) is 12.1 Å². The topological polar surface area (TPSA) is 115 Å². The molecule has 0 aromatic heterocycles. The van der Waals surface area contributed by atoms with Crippen molar-refractivity contribution in [3.8, 4) is 0 Å². The van der Waals surface area contributed by atoms with Gasteiger partial charge in [0, 0.05) is 5.02 Å². The van der Waals surface area contributed by atoms with Gasteiger partial charge in [-0.1, -0.05) is 17.7 Å². The van der Waals surface area contributed by atoms with Crippen LogP contribution in [0.25, 0.3) is 0 Å². The van der Waals surface area contributed by atoms with Crippen LogP contribution in [0.4, 0.5) is 0 Å². The van der Waals surface area contributed by atoms with E-state index in [-0.39, 0.29) is 16.1 Å². The van der Waals surface area contributed by atoms with Crippen molar-refractivity contribution in [2.24, 2.45) is 0 Å². The number of aliphatic hydroxyl groups is 2. The van der Waals surface area contributed by atoms with E-state index >= 15 is 0 Å². The van der Waals surface area contributed by atoms with Crippen molar-refractivity contribution in [3.63, 3.8) is 0 Å². The molecule has 0 aliphatic heterocycles. The molecule has 0 saturated carbocycles. The van der Waals surface area contributed by atoms with Gasteiger partial charge in [0.2, 0.25) is 0 Å². The monoisotopic (exact) mass is 274 g/mol. The summed E-state index contributed by atoms with van der Waals surface area (Å²) in [6.45, 7) is 0. The van der Waals surface area contributed by atoms with Crippen LogP contribution in [0, 0.1) is 0 Å². The summed E-state index contributed by atoms with van der Waals surface area (Å²) in [5, 5.41) is 36.8. The van der Waals surface area contributed by atoms with Crippen molar-refractivity contribution in [1.82, 2.24) is 0 Å². The van der Waals surface area contributed by atoms with Crippen LogP contribution in [0.2, 0.25) is 5.02 Å². The number of benzene rings is 1. The van der Waals surface area contributed by atoms with Crippen LogP contribution in [0.5, 0.6) is 0 Å². The predicted molar refractivity (Wildman–Crippen MR) is 61.6 cm³/mol. The Morgan fingerprint density at radius 2 is 1.83 bits per heavy atom. The fourth-order valence-electron chi connectivity index (χ4n) is 1.47. The number of aliphatic hydroxyl groups excluding tert-OH is 2. The fraction of sp³-hybridized carbons (Fsp3) is 0.273. The highest BCUT2D eigenvalue weighted by atomic mass is 35.5. The highest BCUT2D eigenvalue weighted by molar-refractivity contribution is 6.31. The van der Waals surface area contributed by atoms with E-state index in [1.54, 1.807) is 0 Å². The summed E-state index contributed by atoms with van der Waals surface area (Å²) in [4.78, 5) is 21.4. The van der Waals surface area contributed by atoms with Crippen LogP contribution in [0.1, 0.15) is 28.4 Å². The Balaban J connectivity index is 3.08. The Bertz CT molecular complexity index is 473. The standard InChI is InChI=1S/C11H11ClO6/c12-5-1-2-6(7(3-5)11(17)18)10(16)8(13)4-9(14)15/h1-3,8,10,13,16H,4H2,(H,14,15)(H,17,18). The smallest absolute Gasteiger partial charge is 0.336 e. The van der Waals surface area contributed by atoms with Crippen molar-refractivity contribution in [2.75, 3.05) is 0 Å². The van der Waals surface area contributed by atoms with Gasteiger partial charge in [-0.15, -0.1) is 0 Å². The summed E-state index contributed by atoms with van der Waals surface area (Å²) in [5.74, 6) is -2.62. The minimum atomic E-state index is -1.61. The molecule has 1 aromatic carbocycles. The third kappa shape index (κ3) is 3.43. The summed E-state index contributed by atoms with van der Waals surface area (Å²) < 4.78 is 0. The zero-order valence-electron chi connectivity index (χ0n) is 9.08. The molecular weight excluding hydrogens is 264 g/mol. The quantitative estimate of drug-likeness (QED) is 0.634. The maximum atomic E-state index is 11.0. The Hall–Kier alpha value is -1.63. The molecular formula is C11H11ClO6. The molecule has 18 heavy (non-hydrogen) atoms. The minimum Gasteiger partial charge on any atom is -0.481 e. The van der Waals surface area contributed by atoms with Crippen molar-refractivity contribution in [2.45, 2.75) is 18.6 Å². The first kappa shape index (κ1) is 14.4. The maximum Gasteiger partial charge on any atom is 0.336 e. The molecule has 0 spiro atoms. The summed E-state index contributed by atoms with van der Waals surface area (Å²) in [5.41, 5.74) is -0.361. The SMILES string of the molecule is O=C(O)CC(O)C(O)c1ccc(Cl)cc1C(=O)O. The van der Waals surface area contributed by atoms with E-state index in [0.717, 1.165) is 6.07 Å².